The zero-order valence-corrected chi connectivity index (χ0v) is 11.8. The summed E-state index contributed by atoms with van der Waals surface area (Å²) in [5, 5.41) is 9.99. The standard InChI is InChI=1S/C14H19F4NO2/c1-3-8(2)12(20)11(19)9-4-6-10(7-5-9)21-14(17,18)13(15)16/h4-8,11-13,20H,3,19H2,1-2H3/t8?,11-,12+/m1/s1. The highest BCUT2D eigenvalue weighted by atomic mass is 19.3. The molecule has 0 aliphatic heterocycles. The predicted octanol–water partition coefficient (Wildman–Crippen LogP) is 3.33. The van der Waals surface area contributed by atoms with Crippen molar-refractivity contribution in [2.24, 2.45) is 11.7 Å². The predicted molar refractivity (Wildman–Crippen MR) is 70.4 cm³/mol. The number of benzene rings is 1. The van der Waals surface area contributed by atoms with Crippen LogP contribution in [0.25, 0.3) is 0 Å². The maximum Gasteiger partial charge on any atom is 0.461 e. The van der Waals surface area contributed by atoms with Gasteiger partial charge in [0.1, 0.15) is 5.75 Å². The highest BCUT2D eigenvalue weighted by molar-refractivity contribution is 5.30. The third-order valence-electron chi connectivity index (χ3n) is 3.37. The zero-order chi connectivity index (χ0) is 16.2. The van der Waals surface area contributed by atoms with E-state index in [-0.39, 0.29) is 5.92 Å². The average Bonchev–Trinajstić information content (AvgIpc) is 2.45. The van der Waals surface area contributed by atoms with Gasteiger partial charge in [-0.2, -0.15) is 17.6 Å². The second-order valence-electron chi connectivity index (χ2n) is 4.94. The van der Waals surface area contributed by atoms with E-state index in [9.17, 15) is 22.7 Å². The van der Waals surface area contributed by atoms with Crippen LogP contribution in [0.5, 0.6) is 5.75 Å². The molecule has 0 bridgehead atoms. The lowest BCUT2D eigenvalue weighted by Gasteiger charge is -2.24. The number of alkyl halides is 4. The number of hydrogen-bond acceptors (Lipinski definition) is 3. The maximum atomic E-state index is 12.7. The van der Waals surface area contributed by atoms with Crippen LogP contribution >= 0.6 is 0 Å². The minimum absolute atomic E-state index is 0.0286. The first-order chi connectivity index (χ1) is 9.69. The van der Waals surface area contributed by atoms with E-state index in [0.717, 1.165) is 18.6 Å². The molecule has 0 aliphatic carbocycles. The molecule has 0 aromatic heterocycles. The fourth-order valence-electron chi connectivity index (χ4n) is 1.75. The van der Waals surface area contributed by atoms with Crippen molar-refractivity contribution in [3.63, 3.8) is 0 Å². The Hall–Kier alpha value is -1.34. The van der Waals surface area contributed by atoms with Crippen LogP contribution in [0.4, 0.5) is 17.6 Å². The van der Waals surface area contributed by atoms with E-state index in [1.165, 1.54) is 12.1 Å². The molecule has 0 saturated heterocycles. The maximum absolute atomic E-state index is 12.7. The molecule has 0 spiro atoms. The molecular formula is C14H19F4NO2. The molecule has 1 unspecified atom stereocenters. The van der Waals surface area contributed by atoms with Crippen molar-refractivity contribution in [2.45, 2.75) is 44.9 Å². The molecule has 0 amide bonds. The minimum atomic E-state index is -4.54. The van der Waals surface area contributed by atoms with Gasteiger partial charge in [0, 0.05) is 0 Å². The van der Waals surface area contributed by atoms with Crippen LogP contribution in [-0.4, -0.2) is 23.7 Å². The fraction of sp³-hybridized carbons (Fsp3) is 0.571. The number of aliphatic hydroxyl groups excluding tert-OH is 1. The van der Waals surface area contributed by atoms with Crippen LogP contribution in [0.15, 0.2) is 24.3 Å². The van der Waals surface area contributed by atoms with Gasteiger partial charge in [0.05, 0.1) is 12.1 Å². The highest BCUT2D eigenvalue weighted by Crippen LogP contribution is 2.29. The molecule has 3 nitrogen and oxygen atoms in total. The van der Waals surface area contributed by atoms with Gasteiger partial charge in [0.15, 0.2) is 0 Å². The van der Waals surface area contributed by atoms with Gasteiger partial charge in [-0.15, -0.1) is 0 Å². The Morgan fingerprint density at radius 2 is 1.76 bits per heavy atom. The normalized spacial score (nSPS) is 16.6. The van der Waals surface area contributed by atoms with Crippen LogP contribution in [0.2, 0.25) is 0 Å². The Morgan fingerprint density at radius 3 is 2.19 bits per heavy atom. The SMILES string of the molecule is CCC(C)[C@H](O)[C@H](N)c1ccc(OC(F)(F)C(F)F)cc1. The van der Waals surface area contributed by atoms with Gasteiger partial charge in [-0.3, -0.25) is 0 Å². The molecule has 0 fully saturated rings. The second-order valence-corrected chi connectivity index (χ2v) is 4.94. The smallest absolute Gasteiger partial charge is 0.428 e. The van der Waals surface area contributed by atoms with E-state index in [2.05, 4.69) is 4.74 Å². The molecule has 0 saturated carbocycles. The fourth-order valence-corrected chi connectivity index (χ4v) is 1.75. The molecular weight excluding hydrogens is 290 g/mol. The van der Waals surface area contributed by atoms with Gasteiger partial charge < -0.3 is 15.6 Å². The monoisotopic (exact) mass is 309 g/mol. The summed E-state index contributed by atoms with van der Waals surface area (Å²) in [7, 11) is 0. The van der Waals surface area contributed by atoms with Crippen LogP contribution in [0.1, 0.15) is 31.9 Å². The summed E-state index contributed by atoms with van der Waals surface area (Å²) in [6, 6.07) is 4.29. The van der Waals surface area contributed by atoms with Crippen LogP contribution < -0.4 is 10.5 Å². The van der Waals surface area contributed by atoms with E-state index in [1.54, 1.807) is 0 Å². The molecule has 120 valence electrons. The summed E-state index contributed by atoms with van der Waals surface area (Å²) in [5.41, 5.74) is 6.39. The molecule has 1 rings (SSSR count). The summed E-state index contributed by atoms with van der Waals surface area (Å²) in [5.74, 6) is -0.423. The van der Waals surface area contributed by atoms with Crippen molar-refractivity contribution in [1.29, 1.82) is 0 Å². The van der Waals surface area contributed by atoms with Gasteiger partial charge in [-0.25, -0.2) is 0 Å². The van der Waals surface area contributed by atoms with Crippen molar-refractivity contribution in [3.8, 4) is 5.75 Å². The Kier molecular flexibility index (Phi) is 5.98. The molecule has 7 heteroatoms. The summed E-state index contributed by atoms with van der Waals surface area (Å²) >= 11 is 0. The molecule has 21 heavy (non-hydrogen) atoms. The van der Waals surface area contributed by atoms with E-state index in [0.29, 0.717) is 5.56 Å². The molecule has 0 aliphatic rings. The van der Waals surface area contributed by atoms with Crippen LogP contribution in [0, 0.1) is 5.92 Å². The summed E-state index contributed by atoms with van der Waals surface area (Å²) in [6.07, 6.45) is -8.51. The van der Waals surface area contributed by atoms with Crippen molar-refractivity contribution in [2.75, 3.05) is 0 Å². The minimum Gasteiger partial charge on any atom is -0.428 e. The summed E-state index contributed by atoms with van der Waals surface area (Å²) < 4.78 is 53.4. The Bertz CT molecular complexity index is 439. The zero-order valence-electron chi connectivity index (χ0n) is 11.8. The number of ether oxygens (including phenoxy) is 1. The third kappa shape index (κ3) is 4.57. The molecule has 0 radical (unpaired) electrons. The van der Waals surface area contributed by atoms with Crippen molar-refractivity contribution < 1.29 is 27.4 Å². The quantitative estimate of drug-likeness (QED) is 0.760. The first-order valence-electron chi connectivity index (χ1n) is 6.57. The molecule has 1 aromatic rings. The van der Waals surface area contributed by atoms with Gasteiger partial charge in [-0.1, -0.05) is 32.4 Å². The van der Waals surface area contributed by atoms with Crippen molar-refractivity contribution >= 4 is 0 Å². The first-order valence-corrected chi connectivity index (χ1v) is 6.57. The summed E-state index contributed by atoms with van der Waals surface area (Å²) in [6.45, 7) is 3.75. The first kappa shape index (κ1) is 17.7. The average molecular weight is 309 g/mol. The Labute approximate surface area is 120 Å². The lowest BCUT2D eigenvalue weighted by Crippen LogP contribution is -2.33. The number of rotatable bonds is 7. The van der Waals surface area contributed by atoms with Crippen molar-refractivity contribution in [3.05, 3.63) is 29.8 Å². The van der Waals surface area contributed by atoms with Gasteiger partial charge in [0.25, 0.3) is 0 Å². The topological polar surface area (TPSA) is 55.5 Å². The van der Waals surface area contributed by atoms with Crippen LogP contribution in [-0.2, 0) is 0 Å². The number of hydrogen-bond donors (Lipinski definition) is 2. The number of aliphatic hydroxyl groups is 1. The highest BCUT2D eigenvalue weighted by Gasteiger charge is 2.43. The second kappa shape index (κ2) is 7.09. The van der Waals surface area contributed by atoms with E-state index >= 15 is 0 Å². The van der Waals surface area contributed by atoms with E-state index < -0.39 is 30.4 Å². The molecule has 1 aromatic carbocycles. The van der Waals surface area contributed by atoms with Crippen LogP contribution in [0.3, 0.4) is 0 Å². The Balaban J connectivity index is 2.78. The lowest BCUT2D eigenvalue weighted by atomic mass is 9.92. The van der Waals surface area contributed by atoms with E-state index in [1.807, 2.05) is 13.8 Å². The van der Waals surface area contributed by atoms with Gasteiger partial charge in [-0.05, 0) is 23.6 Å². The van der Waals surface area contributed by atoms with Gasteiger partial charge in [0.2, 0.25) is 0 Å². The molecule has 3 N–H and O–H groups in total. The van der Waals surface area contributed by atoms with Crippen molar-refractivity contribution in [1.82, 2.24) is 0 Å². The largest absolute Gasteiger partial charge is 0.461 e. The third-order valence-corrected chi connectivity index (χ3v) is 3.37. The molecule has 3 atom stereocenters. The number of nitrogens with two attached hydrogens (primary N) is 1. The summed E-state index contributed by atoms with van der Waals surface area (Å²) in [4.78, 5) is 0. The Morgan fingerprint density at radius 1 is 1.24 bits per heavy atom. The number of halogens is 4. The van der Waals surface area contributed by atoms with Gasteiger partial charge >= 0.3 is 12.5 Å². The molecule has 0 heterocycles. The lowest BCUT2D eigenvalue weighted by molar-refractivity contribution is -0.253. The van der Waals surface area contributed by atoms with E-state index in [4.69, 9.17) is 5.73 Å².